The molecule has 0 spiro atoms. The van der Waals surface area contributed by atoms with Gasteiger partial charge >= 0.3 is 0 Å². The van der Waals surface area contributed by atoms with Crippen LogP contribution in [0.3, 0.4) is 0 Å². The lowest BCUT2D eigenvalue weighted by molar-refractivity contribution is 0.0303. The van der Waals surface area contributed by atoms with Gasteiger partial charge in [0.1, 0.15) is 0 Å². The molecule has 2 aliphatic heterocycles. The summed E-state index contributed by atoms with van der Waals surface area (Å²) in [6.45, 7) is 3.71. The third-order valence-corrected chi connectivity index (χ3v) is 6.09. The molecule has 3 aromatic rings. The molecule has 2 saturated heterocycles. The minimum atomic E-state index is -0.0811. The Balaban J connectivity index is 1.18. The number of nitrogens with one attached hydrogen (secondary N) is 2. The van der Waals surface area contributed by atoms with Crippen LogP contribution in [-0.2, 0) is 4.74 Å². The van der Waals surface area contributed by atoms with Gasteiger partial charge in [0.2, 0.25) is 5.95 Å². The van der Waals surface area contributed by atoms with Gasteiger partial charge in [0.15, 0.2) is 5.82 Å². The zero-order valence-electron chi connectivity index (χ0n) is 19.3. The average molecular weight is 474 g/mol. The molecule has 1 atom stereocenters. The Labute approximate surface area is 203 Å². The Morgan fingerprint density at radius 1 is 0.943 bits per heavy atom. The number of anilines is 3. The lowest BCUT2D eigenvalue weighted by atomic mass is 10.1. The molecule has 2 aliphatic rings. The van der Waals surface area contributed by atoms with Gasteiger partial charge in [-0.3, -0.25) is 9.59 Å². The standard InChI is InChI=1S/C25H27N7O3/c33-23(18-4-2-1-3-5-18)28-21-10-11-32(17-21)25-29-22(16-26-30-25)27-20-8-6-19(7-9-20)24(34)31-12-14-35-15-13-31/h1-9,16,21H,10-15,17H2,(H,28,33)(H,27,29,30)/t21-/m1/s1. The zero-order chi connectivity index (χ0) is 24.0. The zero-order valence-corrected chi connectivity index (χ0v) is 19.3. The van der Waals surface area contributed by atoms with E-state index in [1.54, 1.807) is 35.4 Å². The van der Waals surface area contributed by atoms with Gasteiger partial charge < -0.3 is 25.2 Å². The topological polar surface area (TPSA) is 113 Å². The molecule has 0 unspecified atom stereocenters. The summed E-state index contributed by atoms with van der Waals surface area (Å²) in [6.07, 6.45) is 2.36. The van der Waals surface area contributed by atoms with Gasteiger partial charge in [-0.05, 0) is 42.8 Å². The third-order valence-electron chi connectivity index (χ3n) is 6.09. The Bertz CT molecular complexity index is 1170. The minimum absolute atomic E-state index is 0.00813. The summed E-state index contributed by atoms with van der Waals surface area (Å²) in [5.41, 5.74) is 2.08. The normalized spacial score (nSPS) is 17.8. The molecule has 0 bridgehead atoms. The Kier molecular flexibility index (Phi) is 6.80. The van der Waals surface area contributed by atoms with E-state index in [2.05, 4.69) is 25.8 Å². The first-order valence-electron chi connectivity index (χ1n) is 11.7. The maximum absolute atomic E-state index is 12.6. The molecule has 2 aromatic carbocycles. The fourth-order valence-electron chi connectivity index (χ4n) is 4.20. The first kappa shape index (κ1) is 22.7. The summed E-state index contributed by atoms with van der Waals surface area (Å²) in [5.74, 6) is 0.987. The molecular formula is C25H27N7O3. The molecule has 180 valence electrons. The first-order chi connectivity index (χ1) is 17.2. The number of benzene rings is 2. The van der Waals surface area contributed by atoms with Crippen molar-refractivity contribution >= 4 is 29.3 Å². The Morgan fingerprint density at radius 2 is 1.71 bits per heavy atom. The van der Waals surface area contributed by atoms with Crippen LogP contribution in [0.5, 0.6) is 0 Å². The smallest absolute Gasteiger partial charge is 0.254 e. The summed E-state index contributed by atoms with van der Waals surface area (Å²) in [5, 5.41) is 14.6. The monoisotopic (exact) mass is 473 g/mol. The highest BCUT2D eigenvalue weighted by Gasteiger charge is 2.26. The second-order valence-corrected chi connectivity index (χ2v) is 8.52. The molecule has 2 N–H and O–H groups in total. The van der Waals surface area contributed by atoms with E-state index in [0.29, 0.717) is 55.7 Å². The summed E-state index contributed by atoms with van der Waals surface area (Å²) in [4.78, 5) is 33.5. The van der Waals surface area contributed by atoms with E-state index in [4.69, 9.17) is 4.74 Å². The molecule has 10 nitrogen and oxygen atoms in total. The second-order valence-electron chi connectivity index (χ2n) is 8.52. The number of hydrogen-bond acceptors (Lipinski definition) is 8. The average Bonchev–Trinajstić information content (AvgIpc) is 3.38. The van der Waals surface area contributed by atoms with E-state index in [0.717, 1.165) is 18.7 Å². The maximum atomic E-state index is 12.6. The molecule has 35 heavy (non-hydrogen) atoms. The van der Waals surface area contributed by atoms with Gasteiger partial charge in [-0.15, -0.1) is 5.10 Å². The summed E-state index contributed by atoms with van der Waals surface area (Å²) < 4.78 is 5.31. The highest BCUT2D eigenvalue weighted by Crippen LogP contribution is 2.20. The van der Waals surface area contributed by atoms with Crippen LogP contribution in [-0.4, -0.2) is 77.3 Å². The van der Waals surface area contributed by atoms with Gasteiger partial charge in [0.25, 0.3) is 11.8 Å². The number of ether oxygens (including phenoxy) is 1. The molecule has 2 fully saturated rings. The summed E-state index contributed by atoms with van der Waals surface area (Å²) in [7, 11) is 0. The Morgan fingerprint density at radius 3 is 2.49 bits per heavy atom. The van der Waals surface area contributed by atoms with E-state index in [-0.39, 0.29) is 17.9 Å². The lowest BCUT2D eigenvalue weighted by Crippen LogP contribution is -2.40. The van der Waals surface area contributed by atoms with Crippen LogP contribution < -0.4 is 15.5 Å². The van der Waals surface area contributed by atoms with Crippen molar-refractivity contribution in [3.8, 4) is 0 Å². The van der Waals surface area contributed by atoms with Crippen LogP contribution in [0.15, 0.2) is 60.8 Å². The van der Waals surface area contributed by atoms with Crippen LogP contribution in [0.25, 0.3) is 0 Å². The number of nitrogens with zero attached hydrogens (tertiary/aromatic N) is 5. The highest BCUT2D eigenvalue weighted by atomic mass is 16.5. The number of carbonyl (C=O) groups excluding carboxylic acids is 2. The minimum Gasteiger partial charge on any atom is -0.378 e. The van der Waals surface area contributed by atoms with Crippen molar-refractivity contribution in [2.45, 2.75) is 12.5 Å². The van der Waals surface area contributed by atoms with Gasteiger partial charge in [-0.25, -0.2) is 0 Å². The van der Waals surface area contributed by atoms with Gasteiger partial charge in [0, 0.05) is 49.0 Å². The molecule has 0 aliphatic carbocycles. The van der Waals surface area contributed by atoms with Crippen molar-refractivity contribution in [2.75, 3.05) is 49.6 Å². The highest BCUT2D eigenvalue weighted by molar-refractivity contribution is 5.95. The summed E-state index contributed by atoms with van der Waals surface area (Å²) >= 11 is 0. The van der Waals surface area contributed by atoms with Gasteiger partial charge in [0.05, 0.1) is 19.4 Å². The second kappa shape index (κ2) is 10.5. The third kappa shape index (κ3) is 5.55. The SMILES string of the molecule is O=C(N[C@@H]1CCN(c2nncc(Nc3ccc(C(=O)N4CCOCC4)cc3)n2)C1)c1ccccc1. The van der Waals surface area contributed by atoms with Gasteiger partial charge in [-0.1, -0.05) is 18.2 Å². The van der Waals surface area contributed by atoms with Crippen LogP contribution in [0.2, 0.25) is 0 Å². The fourth-order valence-corrected chi connectivity index (χ4v) is 4.20. The number of hydrogen-bond donors (Lipinski definition) is 2. The molecule has 0 radical (unpaired) electrons. The molecule has 10 heteroatoms. The number of aromatic nitrogens is 3. The van der Waals surface area contributed by atoms with E-state index in [1.807, 2.05) is 35.2 Å². The predicted octanol–water partition coefficient (Wildman–Crippen LogP) is 2.10. The lowest BCUT2D eigenvalue weighted by Gasteiger charge is -2.26. The molecule has 3 heterocycles. The molecular weight excluding hydrogens is 446 g/mol. The van der Waals surface area contributed by atoms with Gasteiger partial charge in [-0.2, -0.15) is 10.1 Å². The van der Waals surface area contributed by atoms with Crippen LogP contribution in [0, 0.1) is 0 Å². The fraction of sp³-hybridized carbons (Fsp3) is 0.320. The van der Waals surface area contributed by atoms with Crippen molar-refractivity contribution in [3.63, 3.8) is 0 Å². The number of carbonyl (C=O) groups is 2. The van der Waals surface area contributed by atoms with Crippen molar-refractivity contribution in [1.82, 2.24) is 25.4 Å². The van der Waals surface area contributed by atoms with Crippen molar-refractivity contribution < 1.29 is 14.3 Å². The largest absolute Gasteiger partial charge is 0.378 e. The van der Waals surface area contributed by atoms with Crippen LogP contribution in [0.1, 0.15) is 27.1 Å². The Hall–Kier alpha value is -4.05. The molecule has 1 aromatic heterocycles. The van der Waals surface area contributed by atoms with E-state index >= 15 is 0 Å². The van der Waals surface area contributed by atoms with Crippen LogP contribution >= 0.6 is 0 Å². The quantitative estimate of drug-likeness (QED) is 0.560. The number of amides is 2. The number of morpholine rings is 1. The van der Waals surface area contributed by atoms with Crippen molar-refractivity contribution in [2.24, 2.45) is 0 Å². The first-order valence-corrected chi connectivity index (χ1v) is 11.7. The van der Waals surface area contributed by atoms with Crippen molar-refractivity contribution in [3.05, 3.63) is 71.9 Å². The number of rotatable bonds is 6. The molecule has 5 rings (SSSR count). The van der Waals surface area contributed by atoms with E-state index in [1.165, 1.54) is 0 Å². The van der Waals surface area contributed by atoms with E-state index in [9.17, 15) is 9.59 Å². The summed E-state index contributed by atoms with van der Waals surface area (Å²) in [6, 6.07) is 16.5. The van der Waals surface area contributed by atoms with Crippen LogP contribution in [0.4, 0.5) is 17.5 Å². The van der Waals surface area contributed by atoms with Crippen molar-refractivity contribution in [1.29, 1.82) is 0 Å². The van der Waals surface area contributed by atoms with E-state index < -0.39 is 0 Å². The molecule has 0 saturated carbocycles. The predicted molar refractivity (Wildman–Crippen MR) is 131 cm³/mol. The maximum Gasteiger partial charge on any atom is 0.254 e. The molecule has 2 amide bonds.